The summed E-state index contributed by atoms with van der Waals surface area (Å²) >= 11 is 0. The van der Waals surface area contributed by atoms with Crippen molar-refractivity contribution in [3.8, 4) is 0 Å². The third kappa shape index (κ3) is 4.61. The zero-order valence-corrected chi connectivity index (χ0v) is 6.73. The second-order valence-electron chi connectivity index (χ2n) is 1.73. The molecule has 0 spiro atoms. The molecule has 70 valence electrons. The number of hydrogen-bond donors (Lipinski definition) is 2. The van der Waals surface area contributed by atoms with E-state index in [2.05, 4.69) is 9.68 Å². The Balaban J connectivity index is 3.74. The summed E-state index contributed by atoms with van der Waals surface area (Å²) in [5, 5.41) is 8.83. The van der Waals surface area contributed by atoms with Crippen LogP contribution in [0.25, 0.3) is 0 Å². The van der Waals surface area contributed by atoms with Crippen LogP contribution in [0.1, 0.15) is 6.42 Å². The molecule has 7 heteroatoms. The zero-order valence-electron chi connectivity index (χ0n) is 6.73. The molecule has 0 saturated heterocycles. The van der Waals surface area contributed by atoms with Gasteiger partial charge in [-0.1, -0.05) is 0 Å². The van der Waals surface area contributed by atoms with Crippen LogP contribution in [0.3, 0.4) is 0 Å². The molecule has 0 aromatic heterocycles. The first-order chi connectivity index (χ1) is 5.60. The highest BCUT2D eigenvalue weighted by Gasteiger charge is 2.10. The first-order valence-corrected chi connectivity index (χ1v) is 2.99. The summed E-state index contributed by atoms with van der Waals surface area (Å²) in [6, 6.07) is 0. The van der Waals surface area contributed by atoms with Crippen LogP contribution in [0, 0.1) is 0 Å². The third-order valence-corrected chi connectivity index (χ3v) is 0.859. The lowest BCUT2D eigenvalue weighted by Crippen LogP contribution is -2.41. The smallest absolute Gasteiger partial charge is 0.312 e. The lowest BCUT2D eigenvalue weighted by atomic mass is 10.4. The monoisotopic (exact) mass is 178 g/mol. The predicted octanol–water partition coefficient (Wildman–Crippen LogP) is -1.08. The number of nitrogens with zero attached hydrogens (tertiary/aromatic N) is 1. The fourth-order valence-corrected chi connectivity index (χ4v) is 0.445. The van der Waals surface area contributed by atoms with Gasteiger partial charge in [-0.3, -0.25) is 19.3 Å². The molecule has 0 rings (SSSR count). The number of carboxylic acid groups (broad SMARTS) is 1. The first-order valence-electron chi connectivity index (χ1n) is 2.99. The fraction of sp³-hybridized carbons (Fsp3) is 0.600. The quantitative estimate of drug-likeness (QED) is 0.411. The van der Waals surface area contributed by atoms with Gasteiger partial charge in [0.1, 0.15) is 6.42 Å². The molecule has 0 fully saturated rings. The SMILES string of the molecule is CON(NC(=O)CC(=O)O)OC. The number of rotatable bonds is 5. The Kier molecular flexibility index (Phi) is 4.93. The van der Waals surface area contributed by atoms with Crippen molar-refractivity contribution in [2.24, 2.45) is 0 Å². The van der Waals surface area contributed by atoms with Crippen LogP contribution in [-0.2, 0) is 19.3 Å². The van der Waals surface area contributed by atoms with Crippen molar-refractivity contribution in [2.45, 2.75) is 6.42 Å². The second kappa shape index (κ2) is 5.47. The molecule has 0 atom stereocenters. The van der Waals surface area contributed by atoms with Crippen molar-refractivity contribution < 1.29 is 24.4 Å². The fourth-order valence-electron chi connectivity index (χ4n) is 0.445. The van der Waals surface area contributed by atoms with Gasteiger partial charge >= 0.3 is 5.97 Å². The number of nitrogens with one attached hydrogen (secondary N) is 1. The number of hydrazine groups is 1. The van der Waals surface area contributed by atoms with Gasteiger partial charge in [0.2, 0.25) is 5.91 Å². The van der Waals surface area contributed by atoms with E-state index in [4.69, 9.17) is 5.11 Å². The predicted molar refractivity (Wildman–Crippen MR) is 36.3 cm³/mol. The van der Waals surface area contributed by atoms with Gasteiger partial charge in [0.05, 0.1) is 14.2 Å². The third-order valence-electron chi connectivity index (χ3n) is 0.859. The van der Waals surface area contributed by atoms with Crippen LogP contribution in [-0.4, -0.2) is 36.5 Å². The Labute approximate surface area is 68.7 Å². The molecule has 0 aliphatic carbocycles. The minimum absolute atomic E-state index is 0.636. The normalized spacial score (nSPS) is 9.92. The van der Waals surface area contributed by atoms with E-state index >= 15 is 0 Å². The van der Waals surface area contributed by atoms with E-state index in [9.17, 15) is 9.59 Å². The van der Waals surface area contributed by atoms with Crippen molar-refractivity contribution in [2.75, 3.05) is 14.2 Å². The highest BCUT2D eigenvalue weighted by molar-refractivity contribution is 5.92. The van der Waals surface area contributed by atoms with E-state index < -0.39 is 18.3 Å². The number of amides is 1. The molecule has 0 saturated carbocycles. The van der Waals surface area contributed by atoms with Crippen molar-refractivity contribution in [3.63, 3.8) is 0 Å². The standard InChI is InChI=1S/C5H10N2O5/c1-11-7(12-2)6-4(8)3-5(9)10/h3H2,1-2H3,(H,6,8)(H,9,10). The second-order valence-corrected chi connectivity index (χ2v) is 1.73. The molecule has 0 aliphatic rings. The Bertz CT molecular complexity index is 167. The van der Waals surface area contributed by atoms with Gasteiger partial charge in [0.15, 0.2) is 0 Å². The van der Waals surface area contributed by atoms with Gasteiger partial charge < -0.3 is 5.11 Å². The van der Waals surface area contributed by atoms with Crippen molar-refractivity contribution in [3.05, 3.63) is 0 Å². The molecule has 12 heavy (non-hydrogen) atoms. The molecule has 0 aliphatic heterocycles. The van der Waals surface area contributed by atoms with E-state index in [1.165, 1.54) is 14.2 Å². The summed E-state index contributed by atoms with van der Waals surface area (Å²) in [5.41, 5.74) is 2.02. The maximum absolute atomic E-state index is 10.7. The van der Waals surface area contributed by atoms with Crippen LogP contribution in [0.2, 0.25) is 0 Å². The van der Waals surface area contributed by atoms with Gasteiger partial charge in [-0.2, -0.15) is 0 Å². The van der Waals surface area contributed by atoms with Crippen LogP contribution >= 0.6 is 0 Å². The highest BCUT2D eigenvalue weighted by atomic mass is 17.0. The average Bonchev–Trinajstić information content (AvgIpc) is 1.98. The molecular formula is C5H10N2O5. The van der Waals surface area contributed by atoms with E-state index in [0.29, 0.717) is 5.34 Å². The number of hydrogen-bond acceptors (Lipinski definition) is 5. The van der Waals surface area contributed by atoms with Gasteiger partial charge in [-0.15, -0.1) is 0 Å². The van der Waals surface area contributed by atoms with E-state index in [1.54, 1.807) is 0 Å². The molecule has 0 radical (unpaired) electrons. The lowest BCUT2D eigenvalue weighted by Gasteiger charge is -2.15. The minimum Gasteiger partial charge on any atom is -0.481 e. The lowest BCUT2D eigenvalue weighted by molar-refractivity contribution is -0.367. The molecule has 0 unspecified atom stereocenters. The molecule has 0 heterocycles. The molecule has 7 nitrogen and oxygen atoms in total. The van der Waals surface area contributed by atoms with Gasteiger partial charge in [0.25, 0.3) is 0 Å². The molecular weight excluding hydrogens is 168 g/mol. The van der Waals surface area contributed by atoms with Crippen molar-refractivity contribution >= 4 is 11.9 Å². The average molecular weight is 178 g/mol. The molecule has 1 amide bonds. The number of carbonyl (C=O) groups excluding carboxylic acids is 1. The van der Waals surface area contributed by atoms with Crippen molar-refractivity contribution in [1.29, 1.82) is 0 Å². The van der Waals surface area contributed by atoms with Gasteiger partial charge in [0, 0.05) is 5.34 Å². The molecule has 0 aromatic rings. The Morgan fingerprint density at radius 1 is 1.42 bits per heavy atom. The zero-order chi connectivity index (χ0) is 9.56. The van der Waals surface area contributed by atoms with Crippen LogP contribution in [0.15, 0.2) is 0 Å². The largest absolute Gasteiger partial charge is 0.481 e. The van der Waals surface area contributed by atoms with E-state index in [1.807, 2.05) is 5.43 Å². The van der Waals surface area contributed by atoms with Crippen molar-refractivity contribution in [1.82, 2.24) is 10.8 Å². The van der Waals surface area contributed by atoms with Crippen LogP contribution < -0.4 is 5.43 Å². The van der Waals surface area contributed by atoms with E-state index in [0.717, 1.165) is 0 Å². The summed E-state index contributed by atoms with van der Waals surface area (Å²) in [6.07, 6.45) is -0.636. The van der Waals surface area contributed by atoms with Gasteiger partial charge in [-0.05, 0) is 0 Å². The Morgan fingerprint density at radius 3 is 2.25 bits per heavy atom. The molecule has 0 aromatic carbocycles. The maximum Gasteiger partial charge on any atom is 0.312 e. The van der Waals surface area contributed by atoms with Crippen LogP contribution in [0.5, 0.6) is 0 Å². The number of carbonyl (C=O) groups is 2. The Hall–Kier alpha value is -1.18. The maximum atomic E-state index is 10.7. The summed E-state index contributed by atoms with van der Waals surface area (Å²) in [4.78, 5) is 29.6. The summed E-state index contributed by atoms with van der Waals surface area (Å²) in [6.45, 7) is 0. The first kappa shape index (κ1) is 10.8. The molecule has 0 bridgehead atoms. The van der Waals surface area contributed by atoms with Gasteiger partial charge in [-0.25, -0.2) is 5.43 Å². The minimum atomic E-state index is -1.22. The van der Waals surface area contributed by atoms with E-state index in [-0.39, 0.29) is 0 Å². The van der Waals surface area contributed by atoms with Crippen LogP contribution in [0.4, 0.5) is 0 Å². The number of carboxylic acids is 1. The highest BCUT2D eigenvalue weighted by Crippen LogP contribution is 1.84. The molecule has 2 N–H and O–H groups in total. The number of aliphatic carboxylic acids is 1. The summed E-state index contributed by atoms with van der Waals surface area (Å²) in [5.74, 6) is -1.95. The summed E-state index contributed by atoms with van der Waals surface area (Å²) < 4.78 is 0. The topological polar surface area (TPSA) is 88.1 Å². The summed E-state index contributed by atoms with van der Waals surface area (Å²) in [7, 11) is 2.51. The Morgan fingerprint density at radius 2 is 1.92 bits per heavy atom.